The SMILES string of the molecule is CC(NC(C1CC1)C1CC1)C(=O)N1CCOCC1. The van der Waals surface area contributed by atoms with Gasteiger partial charge in [0.15, 0.2) is 0 Å². The van der Waals surface area contributed by atoms with E-state index in [0.29, 0.717) is 19.3 Å². The van der Waals surface area contributed by atoms with Gasteiger partial charge in [-0.25, -0.2) is 0 Å². The van der Waals surface area contributed by atoms with Crippen LogP contribution in [0.25, 0.3) is 0 Å². The molecule has 0 bridgehead atoms. The minimum Gasteiger partial charge on any atom is -0.378 e. The van der Waals surface area contributed by atoms with Gasteiger partial charge in [-0.3, -0.25) is 4.79 Å². The number of nitrogens with zero attached hydrogens (tertiary/aromatic N) is 1. The van der Waals surface area contributed by atoms with Crippen LogP contribution in [0, 0.1) is 11.8 Å². The fraction of sp³-hybridized carbons (Fsp3) is 0.929. The molecule has 3 aliphatic rings. The number of hydrogen-bond acceptors (Lipinski definition) is 3. The molecule has 2 aliphatic carbocycles. The second-order valence-corrected chi connectivity index (χ2v) is 6.03. The molecule has 1 N–H and O–H groups in total. The predicted octanol–water partition coefficient (Wildman–Crippen LogP) is 1.01. The van der Waals surface area contributed by atoms with Gasteiger partial charge in [0.05, 0.1) is 19.3 Å². The van der Waals surface area contributed by atoms with Crippen LogP contribution in [-0.4, -0.2) is 49.2 Å². The molecule has 1 amide bonds. The Morgan fingerprint density at radius 1 is 1.17 bits per heavy atom. The third-order valence-corrected chi connectivity index (χ3v) is 4.40. The van der Waals surface area contributed by atoms with Crippen molar-refractivity contribution in [3.05, 3.63) is 0 Å². The van der Waals surface area contributed by atoms with E-state index in [1.807, 2.05) is 11.8 Å². The minimum absolute atomic E-state index is 0.0331. The van der Waals surface area contributed by atoms with Gasteiger partial charge in [-0.2, -0.15) is 0 Å². The lowest BCUT2D eigenvalue weighted by atomic mass is 10.1. The van der Waals surface area contributed by atoms with Crippen LogP contribution in [0.2, 0.25) is 0 Å². The number of nitrogens with one attached hydrogen (secondary N) is 1. The Morgan fingerprint density at radius 3 is 2.22 bits per heavy atom. The largest absolute Gasteiger partial charge is 0.378 e. The molecule has 0 aromatic carbocycles. The van der Waals surface area contributed by atoms with Gasteiger partial charge in [0.2, 0.25) is 5.91 Å². The standard InChI is InChI=1S/C14H24N2O2/c1-10(14(17)16-6-8-18-9-7-16)15-13(11-2-3-11)12-4-5-12/h10-13,15H,2-9H2,1H3. The average molecular weight is 252 g/mol. The highest BCUT2D eigenvalue weighted by Crippen LogP contribution is 2.44. The number of hydrogen-bond donors (Lipinski definition) is 1. The van der Waals surface area contributed by atoms with E-state index < -0.39 is 0 Å². The summed E-state index contributed by atoms with van der Waals surface area (Å²) < 4.78 is 5.29. The Hall–Kier alpha value is -0.610. The van der Waals surface area contributed by atoms with Crippen molar-refractivity contribution in [3.63, 3.8) is 0 Å². The maximum Gasteiger partial charge on any atom is 0.239 e. The zero-order valence-electron chi connectivity index (χ0n) is 11.2. The summed E-state index contributed by atoms with van der Waals surface area (Å²) in [5.74, 6) is 1.94. The summed E-state index contributed by atoms with van der Waals surface area (Å²) in [6.45, 7) is 4.90. The van der Waals surface area contributed by atoms with E-state index in [1.54, 1.807) is 0 Å². The fourth-order valence-corrected chi connectivity index (χ4v) is 2.99. The Balaban J connectivity index is 1.52. The second-order valence-electron chi connectivity index (χ2n) is 6.03. The van der Waals surface area contributed by atoms with E-state index in [9.17, 15) is 4.79 Å². The van der Waals surface area contributed by atoms with Gasteiger partial charge >= 0.3 is 0 Å². The molecule has 1 atom stereocenters. The number of morpholine rings is 1. The van der Waals surface area contributed by atoms with E-state index in [2.05, 4.69) is 5.32 Å². The fourth-order valence-electron chi connectivity index (χ4n) is 2.99. The van der Waals surface area contributed by atoms with Crippen LogP contribution in [0.4, 0.5) is 0 Å². The van der Waals surface area contributed by atoms with E-state index in [4.69, 9.17) is 4.74 Å². The molecule has 1 saturated heterocycles. The monoisotopic (exact) mass is 252 g/mol. The summed E-state index contributed by atoms with van der Waals surface area (Å²) in [5.41, 5.74) is 0. The number of rotatable bonds is 5. The molecule has 18 heavy (non-hydrogen) atoms. The molecule has 3 rings (SSSR count). The molecule has 1 aliphatic heterocycles. The summed E-state index contributed by atoms with van der Waals surface area (Å²) in [4.78, 5) is 14.3. The van der Waals surface area contributed by atoms with Crippen molar-refractivity contribution in [2.24, 2.45) is 11.8 Å². The molecule has 4 nitrogen and oxygen atoms in total. The number of amides is 1. The Labute approximate surface area is 109 Å². The molecule has 4 heteroatoms. The lowest BCUT2D eigenvalue weighted by Crippen LogP contribution is -2.52. The normalized spacial score (nSPS) is 26.4. The quantitative estimate of drug-likeness (QED) is 0.794. The molecule has 102 valence electrons. The van der Waals surface area contributed by atoms with E-state index in [-0.39, 0.29) is 11.9 Å². The number of carbonyl (C=O) groups is 1. The van der Waals surface area contributed by atoms with Gasteiger partial charge in [-0.05, 0) is 44.4 Å². The second kappa shape index (κ2) is 5.17. The number of carbonyl (C=O) groups excluding carboxylic acids is 1. The topological polar surface area (TPSA) is 41.6 Å². The van der Waals surface area contributed by atoms with Crippen molar-refractivity contribution in [2.75, 3.05) is 26.3 Å². The summed E-state index contributed by atoms with van der Waals surface area (Å²) in [6, 6.07) is 0.569. The molecule has 2 saturated carbocycles. The summed E-state index contributed by atoms with van der Waals surface area (Å²) in [7, 11) is 0. The van der Waals surface area contributed by atoms with Crippen LogP contribution in [0.15, 0.2) is 0 Å². The molecule has 0 radical (unpaired) electrons. The van der Waals surface area contributed by atoms with E-state index >= 15 is 0 Å². The van der Waals surface area contributed by atoms with Crippen LogP contribution in [0.3, 0.4) is 0 Å². The Bertz CT molecular complexity index is 295. The van der Waals surface area contributed by atoms with Crippen molar-refractivity contribution in [3.8, 4) is 0 Å². The first kappa shape index (κ1) is 12.4. The number of ether oxygens (including phenoxy) is 1. The maximum atomic E-state index is 12.3. The highest BCUT2D eigenvalue weighted by Gasteiger charge is 2.42. The molecule has 3 fully saturated rings. The van der Waals surface area contributed by atoms with E-state index in [1.165, 1.54) is 25.7 Å². The van der Waals surface area contributed by atoms with E-state index in [0.717, 1.165) is 24.9 Å². The summed E-state index contributed by atoms with van der Waals surface area (Å²) in [5, 5.41) is 3.61. The molecule has 0 aromatic rings. The maximum absolute atomic E-state index is 12.3. The first-order chi connectivity index (χ1) is 8.75. The highest BCUT2D eigenvalue weighted by atomic mass is 16.5. The van der Waals surface area contributed by atoms with Crippen molar-refractivity contribution >= 4 is 5.91 Å². The van der Waals surface area contributed by atoms with Gasteiger partial charge in [0.25, 0.3) is 0 Å². The summed E-state index contributed by atoms with van der Waals surface area (Å²) in [6.07, 6.45) is 5.42. The van der Waals surface area contributed by atoms with Crippen LogP contribution in [0.5, 0.6) is 0 Å². The van der Waals surface area contributed by atoms with Crippen LogP contribution >= 0.6 is 0 Å². The molecule has 0 aromatic heterocycles. The van der Waals surface area contributed by atoms with Crippen molar-refractivity contribution in [2.45, 2.75) is 44.7 Å². The first-order valence-corrected chi connectivity index (χ1v) is 7.38. The highest BCUT2D eigenvalue weighted by molar-refractivity contribution is 5.81. The third kappa shape index (κ3) is 2.86. The van der Waals surface area contributed by atoms with Crippen LogP contribution < -0.4 is 5.32 Å². The predicted molar refractivity (Wildman–Crippen MR) is 69.2 cm³/mol. The third-order valence-electron chi connectivity index (χ3n) is 4.40. The zero-order valence-corrected chi connectivity index (χ0v) is 11.2. The Kier molecular flexibility index (Phi) is 3.57. The molecule has 1 heterocycles. The van der Waals surface area contributed by atoms with Gasteiger partial charge < -0.3 is 15.0 Å². The lowest BCUT2D eigenvalue weighted by molar-refractivity contribution is -0.137. The molecular weight excluding hydrogens is 228 g/mol. The van der Waals surface area contributed by atoms with Crippen molar-refractivity contribution in [1.29, 1.82) is 0 Å². The summed E-state index contributed by atoms with van der Waals surface area (Å²) >= 11 is 0. The van der Waals surface area contributed by atoms with Crippen molar-refractivity contribution < 1.29 is 9.53 Å². The first-order valence-electron chi connectivity index (χ1n) is 7.38. The van der Waals surface area contributed by atoms with Gasteiger partial charge in [-0.1, -0.05) is 0 Å². The van der Waals surface area contributed by atoms with Gasteiger partial charge in [-0.15, -0.1) is 0 Å². The van der Waals surface area contributed by atoms with Crippen LogP contribution in [0.1, 0.15) is 32.6 Å². The lowest BCUT2D eigenvalue weighted by Gasteiger charge is -2.31. The average Bonchev–Trinajstić information content (AvgIpc) is 3.29. The van der Waals surface area contributed by atoms with Crippen molar-refractivity contribution in [1.82, 2.24) is 10.2 Å². The van der Waals surface area contributed by atoms with Gasteiger partial charge in [0, 0.05) is 19.1 Å². The Morgan fingerprint density at radius 2 is 1.72 bits per heavy atom. The molecular formula is C14H24N2O2. The zero-order chi connectivity index (χ0) is 12.5. The van der Waals surface area contributed by atoms with Gasteiger partial charge in [0.1, 0.15) is 0 Å². The molecule has 0 spiro atoms. The molecule has 1 unspecified atom stereocenters. The smallest absolute Gasteiger partial charge is 0.239 e. The van der Waals surface area contributed by atoms with Crippen LogP contribution in [-0.2, 0) is 9.53 Å². The minimum atomic E-state index is -0.0331.